The molecule has 0 radical (unpaired) electrons. The predicted molar refractivity (Wildman–Crippen MR) is 86.0 cm³/mol. The highest BCUT2D eigenvalue weighted by Crippen LogP contribution is 2.65. The third kappa shape index (κ3) is 2.44. The molecule has 0 spiro atoms. The van der Waals surface area contributed by atoms with Crippen molar-refractivity contribution in [2.75, 3.05) is 12.9 Å². The minimum Gasteiger partial charge on any atom is -0.375 e. The highest BCUT2D eigenvalue weighted by Gasteiger charge is 2.62. The van der Waals surface area contributed by atoms with Crippen LogP contribution in [0.5, 0.6) is 0 Å². The molecule has 128 valence electrons. The van der Waals surface area contributed by atoms with Crippen molar-refractivity contribution < 1.29 is 17.3 Å². The van der Waals surface area contributed by atoms with Gasteiger partial charge in [0.25, 0.3) is 10.1 Å². The smallest absolute Gasteiger partial charge is 0.264 e. The average molecular weight is 330 g/mol. The summed E-state index contributed by atoms with van der Waals surface area (Å²) in [6, 6.07) is 0. The quantitative estimate of drug-likeness (QED) is 0.729. The Hall–Kier alpha value is -0.130. The molecule has 1 saturated heterocycles. The van der Waals surface area contributed by atoms with E-state index in [-0.39, 0.29) is 22.5 Å². The molecule has 1 heterocycles. The predicted octanol–water partition coefficient (Wildman–Crippen LogP) is 3.36. The molecule has 0 aromatic rings. The van der Waals surface area contributed by atoms with E-state index in [1.54, 1.807) is 0 Å². The fourth-order valence-corrected chi connectivity index (χ4v) is 6.85. The van der Waals surface area contributed by atoms with Gasteiger partial charge in [0, 0.05) is 6.61 Å². The second-order valence-corrected chi connectivity index (χ2v) is 10.3. The monoisotopic (exact) mass is 330 g/mol. The first-order valence-corrected chi connectivity index (χ1v) is 10.3. The third-order valence-electron chi connectivity index (χ3n) is 7.06. The fraction of sp³-hybridized carbons (Fsp3) is 1.00. The third-order valence-corrected chi connectivity index (χ3v) is 7.64. The molecule has 2 saturated carbocycles. The van der Waals surface area contributed by atoms with Crippen LogP contribution < -0.4 is 0 Å². The van der Waals surface area contributed by atoms with Gasteiger partial charge in [-0.2, -0.15) is 8.42 Å². The molecule has 3 aliphatic rings. The van der Waals surface area contributed by atoms with E-state index >= 15 is 0 Å². The standard InChI is InChI=1S/C17H30O4S/c1-15(2)12-6-10-17(4)13(8-11-20-17)16(12,3)9-7-14(15)21-22(5,18)19/h12-14H,6-11H2,1-5H3/t12?,13-,14?,16+,17-/m1/s1. The van der Waals surface area contributed by atoms with Crippen molar-refractivity contribution in [2.45, 2.75) is 71.5 Å². The molecule has 0 amide bonds. The summed E-state index contributed by atoms with van der Waals surface area (Å²) in [4.78, 5) is 0. The molecule has 3 rings (SSSR count). The Balaban J connectivity index is 1.92. The van der Waals surface area contributed by atoms with Gasteiger partial charge in [0.05, 0.1) is 18.0 Å². The molecule has 1 aliphatic heterocycles. The molecule has 3 fully saturated rings. The van der Waals surface area contributed by atoms with Gasteiger partial charge in [-0.25, -0.2) is 0 Å². The zero-order valence-corrected chi connectivity index (χ0v) is 15.3. The van der Waals surface area contributed by atoms with E-state index in [4.69, 9.17) is 8.92 Å². The van der Waals surface area contributed by atoms with Crippen LogP contribution in [0.4, 0.5) is 0 Å². The van der Waals surface area contributed by atoms with Gasteiger partial charge in [0.15, 0.2) is 0 Å². The van der Waals surface area contributed by atoms with Crippen molar-refractivity contribution >= 4 is 10.1 Å². The zero-order chi connectivity index (χ0) is 16.4. The first kappa shape index (κ1) is 16.7. The topological polar surface area (TPSA) is 52.6 Å². The van der Waals surface area contributed by atoms with Crippen LogP contribution in [0.1, 0.15) is 59.8 Å². The molecule has 5 atom stereocenters. The molecular weight excluding hydrogens is 300 g/mol. The Morgan fingerprint density at radius 3 is 2.32 bits per heavy atom. The molecule has 22 heavy (non-hydrogen) atoms. The van der Waals surface area contributed by atoms with E-state index in [0.29, 0.717) is 11.8 Å². The number of hydrogen-bond acceptors (Lipinski definition) is 4. The number of hydrogen-bond donors (Lipinski definition) is 0. The van der Waals surface area contributed by atoms with Gasteiger partial charge in [-0.1, -0.05) is 20.8 Å². The Kier molecular flexibility index (Phi) is 3.75. The summed E-state index contributed by atoms with van der Waals surface area (Å²) in [5, 5.41) is 0. The van der Waals surface area contributed by atoms with Crippen molar-refractivity contribution in [2.24, 2.45) is 22.7 Å². The molecule has 4 nitrogen and oxygen atoms in total. The van der Waals surface area contributed by atoms with Crippen molar-refractivity contribution in [3.05, 3.63) is 0 Å². The van der Waals surface area contributed by atoms with Gasteiger partial charge in [-0.05, 0) is 61.7 Å². The van der Waals surface area contributed by atoms with Crippen LogP contribution in [0.25, 0.3) is 0 Å². The second-order valence-electron chi connectivity index (χ2n) is 8.75. The highest BCUT2D eigenvalue weighted by atomic mass is 32.2. The Morgan fingerprint density at radius 1 is 1.00 bits per heavy atom. The average Bonchev–Trinajstić information content (AvgIpc) is 2.75. The van der Waals surface area contributed by atoms with E-state index in [9.17, 15) is 8.42 Å². The minimum atomic E-state index is -3.41. The number of fused-ring (bicyclic) bond motifs is 3. The van der Waals surface area contributed by atoms with E-state index in [1.807, 2.05) is 0 Å². The summed E-state index contributed by atoms with van der Waals surface area (Å²) in [5.74, 6) is 1.07. The SMILES string of the molecule is CC1(C)C(OS(C)(=O)=O)CC[C@@]2(C)C1CC[C@@]1(C)OCC[C@@H]12. The molecule has 0 aromatic heterocycles. The van der Waals surface area contributed by atoms with Crippen LogP contribution in [0.15, 0.2) is 0 Å². The van der Waals surface area contributed by atoms with E-state index in [2.05, 4.69) is 27.7 Å². The molecule has 0 N–H and O–H groups in total. The zero-order valence-electron chi connectivity index (χ0n) is 14.5. The van der Waals surface area contributed by atoms with E-state index < -0.39 is 10.1 Å². The lowest BCUT2D eigenvalue weighted by Crippen LogP contribution is -2.59. The van der Waals surface area contributed by atoms with Crippen LogP contribution in [0, 0.1) is 22.7 Å². The Labute approximate surface area is 135 Å². The van der Waals surface area contributed by atoms with E-state index in [0.717, 1.165) is 38.7 Å². The molecule has 2 aliphatic carbocycles. The summed E-state index contributed by atoms with van der Waals surface area (Å²) >= 11 is 0. The first-order chi connectivity index (χ1) is 9.99. The van der Waals surface area contributed by atoms with Gasteiger partial charge in [-0.3, -0.25) is 4.18 Å². The van der Waals surface area contributed by atoms with Gasteiger partial charge >= 0.3 is 0 Å². The van der Waals surface area contributed by atoms with Crippen molar-refractivity contribution in [3.63, 3.8) is 0 Å². The highest BCUT2D eigenvalue weighted by molar-refractivity contribution is 7.86. The van der Waals surface area contributed by atoms with Gasteiger partial charge in [-0.15, -0.1) is 0 Å². The van der Waals surface area contributed by atoms with Crippen LogP contribution in [-0.2, 0) is 19.0 Å². The maximum Gasteiger partial charge on any atom is 0.264 e. The summed E-state index contributed by atoms with van der Waals surface area (Å²) in [5.41, 5.74) is 0.121. The fourth-order valence-electron chi connectivity index (χ4n) is 6.08. The van der Waals surface area contributed by atoms with Gasteiger partial charge < -0.3 is 4.74 Å². The van der Waals surface area contributed by atoms with E-state index in [1.165, 1.54) is 6.26 Å². The summed E-state index contributed by atoms with van der Waals surface area (Å²) in [7, 11) is -3.41. The summed E-state index contributed by atoms with van der Waals surface area (Å²) in [6.45, 7) is 9.95. The van der Waals surface area contributed by atoms with Crippen molar-refractivity contribution in [1.29, 1.82) is 0 Å². The molecule has 0 bridgehead atoms. The maximum atomic E-state index is 11.6. The lowest BCUT2D eigenvalue weighted by atomic mass is 9.45. The molecule has 0 aromatic carbocycles. The molecular formula is C17H30O4S. The first-order valence-electron chi connectivity index (χ1n) is 8.51. The summed E-state index contributed by atoms with van der Waals surface area (Å²) < 4.78 is 34.8. The lowest BCUT2D eigenvalue weighted by Gasteiger charge is -2.61. The number of rotatable bonds is 2. The van der Waals surface area contributed by atoms with Gasteiger partial charge in [0.2, 0.25) is 0 Å². The summed E-state index contributed by atoms with van der Waals surface area (Å²) in [6.07, 6.45) is 6.13. The maximum absolute atomic E-state index is 11.6. The van der Waals surface area contributed by atoms with Crippen molar-refractivity contribution in [3.8, 4) is 0 Å². The normalized spacial score (nSPS) is 47.8. The molecule has 5 heteroatoms. The second kappa shape index (κ2) is 4.93. The van der Waals surface area contributed by atoms with Crippen LogP contribution in [0.3, 0.4) is 0 Å². The minimum absolute atomic E-state index is 0.0197. The van der Waals surface area contributed by atoms with Crippen molar-refractivity contribution in [1.82, 2.24) is 0 Å². The Bertz CT molecular complexity index is 555. The lowest BCUT2D eigenvalue weighted by molar-refractivity contribution is -0.173. The van der Waals surface area contributed by atoms with Crippen LogP contribution in [0.2, 0.25) is 0 Å². The van der Waals surface area contributed by atoms with Crippen LogP contribution in [-0.4, -0.2) is 33.0 Å². The van der Waals surface area contributed by atoms with Gasteiger partial charge in [0.1, 0.15) is 0 Å². The largest absolute Gasteiger partial charge is 0.375 e. The van der Waals surface area contributed by atoms with Crippen LogP contribution >= 0.6 is 0 Å². The Morgan fingerprint density at radius 2 is 1.68 bits per heavy atom. The molecule has 2 unspecified atom stereocenters. The number of ether oxygens (including phenoxy) is 1.